The van der Waals surface area contributed by atoms with E-state index in [-0.39, 0.29) is 13.4 Å². The Morgan fingerprint density at radius 3 is 1.39 bits per heavy atom. The van der Waals surface area contributed by atoms with Crippen LogP contribution in [0.15, 0.2) is 218 Å². The predicted molar refractivity (Wildman–Crippen MR) is 312 cm³/mol. The van der Waals surface area contributed by atoms with Gasteiger partial charge in [0.1, 0.15) is 0 Å². The Morgan fingerprint density at radius 1 is 0.333 bits per heavy atom. The van der Waals surface area contributed by atoms with Gasteiger partial charge in [-0.25, -0.2) is 0 Å². The first-order valence-electron chi connectivity index (χ1n) is 24.9. The lowest BCUT2D eigenvalue weighted by Crippen LogP contribution is -2.64. The molecule has 0 fully saturated rings. The fourth-order valence-corrected chi connectivity index (χ4v) is 15.4. The van der Waals surface area contributed by atoms with Gasteiger partial charge in [0.2, 0.25) is 0 Å². The molecule has 0 spiro atoms. The van der Waals surface area contributed by atoms with Gasteiger partial charge in [-0.2, -0.15) is 0 Å². The standard InChI is InChI=1S/C64H42B2N4S2/c1-39-32-54-61-55(33-39)69(45-25-11-5-12-26-45)62-48-35-41-19-15-16-20-42(41)36-58(48)71-63(62)66(61)50-37-49-51(38-52(50)68(54)44-23-9-4-10-24-44)67(43-21-7-3-8-22-43)53-31-40(2)34-56-60(53)65(49)59-47-29-17-18-30-57(47)72-64(59)70(56)46-27-13-6-14-28-46/h3-38H,1-2H3. The lowest BCUT2D eigenvalue weighted by molar-refractivity contribution is 1.23. The second-order valence-electron chi connectivity index (χ2n) is 19.8. The Labute approximate surface area is 427 Å². The van der Waals surface area contributed by atoms with Crippen molar-refractivity contribution in [3.8, 4) is 0 Å². The molecule has 72 heavy (non-hydrogen) atoms. The molecular weight excluding hydrogens is 910 g/mol. The quantitative estimate of drug-likeness (QED) is 0.163. The van der Waals surface area contributed by atoms with Crippen LogP contribution in [0.2, 0.25) is 0 Å². The third kappa shape index (κ3) is 5.59. The van der Waals surface area contributed by atoms with Crippen LogP contribution >= 0.6 is 22.7 Å². The molecule has 10 aromatic carbocycles. The average molecular weight is 953 g/mol. The molecule has 0 aliphatic carbocycles. The van der Waals surface area contributed by atoms with Crippen molar-refractivity contribution in [3.05, 3.63) is 230 Å². The van der Waals surface area contributed by atoms with Gasteiger partial charge < -0.3 is 19.6 Å². The summed E-state index contributed by atoms with van der Waals surface area (Å²) >= 11 is 3.90. The Morgan fingerprint density at radius 2 is 0.792 bits per heavy atom. The number of thiophene rings is 2. The number of nitrogens with zero attached hydrogens (tertiary/aromatic N) is 4. The van der Waals surface area contributed by atoms with Crippen LogP contribution in [0.4, 0.5) is 67.6 Å². The van der Waals surface area contributed by atoms with Crippen LogP contribution in [-0.4, -0.2) is 13.4 Å². The van der Waals surface area contributed by atoms with E-state index < -0.39 is 0 Å². The van der Waals surface area contributed by atoms with Crippen LogP contribution in [0.3, 0.4) is 0 Å². The predicted octanol–water partition coefficient (Wildman–Crippen LogP) is 14.1. The minimum Gasteiger partial charge on any atom is -0.311 e. The first-order chi connectivity index (χ1) is 35.6. The van der Waals surface area contributed by atoms with Gasteiger partial charge in [0, 0.05) is 76.4 Å². The molecule has 4 aliphatic heterocycles. The molecule has 4 nitrogen and oxygen atoms in total. The van der Waals surface area contributed by atoms with Gasteiger partial charge in [0.15, 0.2) is 0 Å². The fourth-order valence-electron chi connectivity index (χ4n) is 12.8. The topological polar surface area (TPSA) is 13.0 Å². The summed E-state index contributed by atoms with van der Waals surface area (Å²) in [6.07, 6.45) is 0. The van der Waals surface area contributed by atoms with Gasteiger partial charge in [-0.15, -0.1) is 22.7 Å². The fraction of sp³-hybridized carbons (Fsp3) is 0.0312. The summed E-state index contributed by atoms with van der Waals surface area (Å²) in [5.41, 5.74) is 22.5. The number of hydrogen-bond acceptors (Lipinski definition) is 6. The van der Waals surface area contributed by atoms with E-state index in [1.165, 1.54) is 130 Å². The van der Waals surface area contributed by atoms with Crippen molar-refractivity contribution in [2.24, 2.45) is 0 Å². The number of rotatable bonds is 4. The van der Waals surface area contributed by atoms with E-state index in [4.69, 9.17) is 0 Å². The van der Waals surface area contributed by atoms with Crippen LogP contribution in [0.5, 0.6) is 0 Å². The van der Waals surface area contributed by atoms with Gasteiger partial charge >= 0.3 is 0 Å². The molecule has 0 amide bonds. The van der Waals surface area contributed by atoms with Gasteiger partial charge in [-0.3, -0.25) is 0 Å². The molecule has 0 radical (unpaired) electrons. The molecule has 6 heterocycles. The van der Waals surface area contributed by atoms with Crippen LogP contribution in [0, 0.1) is 13.8 Å². The average Bonchev–Trinajstić information content (AvgIpc) is 3.99. The minimum atomic E-state index is -0.0431. The Hall–Kier alpha value is -8.29. The maximum absolute atomic E-state index is 2.67. The number of hydrogen-bond donors (Lipinski definition) is 0. The van der Waals surface area contributed by atoms with E-state index in [0.717, 1.165) is 11.4 Å². The number of aryl methyl sites for hydroxylation is 2. The van der Waals surface area contributed by atoms with Gasteiger partial charge in [-0.05, 0) is 166 Å². The largest absolute Gasteiger partial charge is 0.311 e. The highest BCUT2D eigenvalue weighted by Gasteiger charge is 2.50. The molecule has 0 unspecified atom stereocenters. The van der Waals surface area contributed by atoms with Crippen LogP contribution < -0.4 is 51.7 Å². The van der Waals surface area contributed by atoms with E-state index >= 15 is 0 Å². The number of anilines is 12. The Balaban J connectivity index is 1.06. The first kappa shape index (κ1) is 40.4. The summed E-state index contributed by atoms with van der Waals surface area (Å²) in [5, 5.41) is 6.43. The van der Waals surface area contributed by atoms with Gasteiger partial charge in [0.05, 0.1) is 10.7 Å². The van der Waals surface area contributed by atoms with E-state index in [1.54, 1.807) is 0 Å². The van der Waals surface area contributed by atoms with E-state index in [2.05, 4.69) is 252 Å². The Kier molecular flexibility index (Phi) is 8.49. The van der Waals surface area contributed by atoms with Crippen LogP contribution in [-0.2, 0) is 0 Å². The maximum atomic E-state index is 2.67. The van der Waals surface area contributed by atoms with Crippen LogP contribution in [0.1, 0.15) is 11.1 Å². The van der Waals surface area contributed by atoms with E-state index in [9.17, 15) is 0 Å². The van der Waals surface area contributed by atoms with Crippen molar-refractivity contribution in [3.63, 3.8) is 0 Å². The zero-order valence-corrected chi connectivity index (χ0v) is 41.2. The van der Waals surface area contributed by atoms with Crippen molar-refractivity contribution in [1.29, 1.82) is 0 Å². The zero-order valence-electron chi connectivity index (χ0n) is 39.5. The first-order valence-corrected chi connectivity index (χ1v) is 26.5. The number of fused-ring (bicyclic) bond motifs is 13. The molecular formula is C64H42B2N4S2. The molecule has 0 saturated carbocycles. The summed E-state index contributed by atoms with van der Waals surface area (Å²) in [6.45, 7) is 4.46. The number of benzene rings is 10. The highest BCUT2D eigenvalue weighted by molar-refractivity contribution is 7.34. The lowest BCUT2D eigenvalue weighted by atomic mass is 9.31. The monoisotopic (exact) mass is 952 g/mol. The van der Waals surface area contributed by atoms with Crippen molar-refractivity contribution < 1.29 is 0 Å². The SMILES string of the molecule is Cc1cc2c3c(c1)N(c1ccccc1)c1sc4ccccc4c1B3c1cc3c(cc1N2c1ccccc1)N(c1ccccc1)c1cc(C)cc2c1B3c1sc3cc4ccccc4cc3c1N2c1ccccc1. The summed E-state index contributed by atoms with van der Waals surface area (Å²) in [7, 11) is 0. The molecule has 12 aromatic rings. The molecule has 8 heteroatoms. The van der Waals surface area contributed by atoms with E-state index in [0.29, 0.717) is 0 Å². The third-order valence-electron chi connectivity index (χ3n) is 15.6. The minimum absolute atomic E-state index is 0.0392. The molecule has 0 saturated heterocycles. The van der Waals surface area contributed by atoms with Crippen LogP contribution in [0.25, 0.3) is 30.9 Å². The second-order valence-corrected chi connectivity index (χ2v) is 21.9. The molecule has 16 rings (SSSR count). The van der Waals surface area contributed by atoms with Crippen molar-refractivity contribution in [2.75, 3.05) is 19.6 Å². The van der Waals surface area contributed by atoms with E-state index in [1.807, 2.05) is 22.7 Å². The molecule has 2 aromatic heterocycles. The molecule has 0 N–H and O–H groups in total. The maximum Gasteiger partial charge on any atom is 0.264 e. The molecule has 336 valence electrons. The van der Waals surface area contributed by atoms with Crippen molar-refractivity contribution in [2.45, 2.75) is 13.8 Å². The smallest absolute Gasteiger partial charge is 0.264 e. The number of para-hydroxylation sites is 4. The van der Waals surface area contributed by atoms with Gasteiger partial charge in [-0.1, -0.05) is 121 Å². The van der Waals surface area contributed by atoms with Gasteiger partial charge in [0.25, 0.3) is 13.4 Å². The lowest BCUT2D eigenvalue weighted by Gasteiger charge is -2.46. The molecule has 4 aliphatic rings. The molecule has 0 atom stereocenters. The molecule has 0 bridgehead atoms. The second kappa shape index (κ2) is 15.1. The Bertz CT molecular complexity index is 4230. The highest BCUT2D eigenvalue weighted by Crippen LogP contribution is 2.52. The highest BCUT2D eigenvalue weighted by atomic mass is 32.1. The summed E-state index contributed by atoms with van der Waals surface area (Å²) in [5.74, 6) is 0. The summed E-state index contributed by atoms with van der Waals surface area (Å²) in [4.78, 5) is 10.3. The van der Waals surface area contributed by atoms with Crippen molar-refractivity contribution >= 4 is 167 Å². The third-order valence-corrected chi connectivity index (χ3v) is 18.0. The summed E-state index contributed by atoms with van der Waals surface area (Å²) in [6, 6.07) is 82.1. The zero-order chi connectivity index (χ0) is 47.3. The summed E-state index contributed by atoms with van der Waals surface area (Å²) < 4.78 is 3.99. The normalized spacial score (nSPS) is 13.8. The van der Waals surface area contributed by atoms with Crippen molar-refractivity contribution in [1.82, 2.24) is 0 Å².